The molecule has 1 N–H and O–H groups in total. The van der Waals surface area contributed by atoms with Crippen LogP contribution in [0.4, 0.5) is 16.2 Å². The molecule has 0 fully saturated rings. The first-order valence-corrected chi connectivity index (χ1v) is 5.23. The highest BCUT2D eigenvalue weighted by Gasteiger charge is 2.22. The van der Waals surface area contributed by atoms with Gasteiger partial charge in [-0.1, -0.05) is 0 Å². The number of fused-ring (bicyclic) bond motifs is 1. The van der Waals surface area contributed by atoms with Crippen LogP contribution >= 0.6 is 0 Å². The van der Waals surface area contributed by atoms with Crippen molar-refractivity contribution in [2.75, 3.05) is 5.32 Å². The fourth-order valence-electron chi connectivity index (χ4n) is 1.90. The summed E-state index contributed by atoms with van der Waals surface area (Å²) in [5, 5.41) is 13.4. The van der Waals surface area contributed by atoms with Crippen LogP contribution in [-0.2, 0) is 11.2 Å². The number of hydrogen-bond donors (Lipinski definition) is 1. The van der Waals surface area contributed by atoms with Gasteiger partial charge in [0.1, 0.15) is 6.10 Å². The minimum Gasteiger partial charge on any atom is -0.446 e. The molecule has 1 atom stereocenters. The summed E-state index contributed by atoms with van der Waals surface area (Å²) in [4.78, 5) is 21.7. The summed E-state index contributed by atoms with van der Waals surface area (Å²) in [5.41, 5.74) is 1.89. The lowest BCUT2D eigenvalue weighted by Crippen LogP contribution is -2.17. The minimum atomic E-state index is -0.524. The number of amides is 1. The molecule has 0 bridgehead atoms. The van der Waals surface area contributed by atoms with Crippen LogP contribution in [0.3, 0.4) is 0 Å². The average molecular weight is 236 g/mol. The number of carbonyl (C=O) groups is 1. The van der Waals surface area contributed by atoms with Crippen molar-refractivity contribution in [3.63, 3.8) is 0 Å². The molecule has 0 aromatic heterocycles. The molecule has 1 aliphatic heterocycles. The van der Waals surface area contributed by atoms with Gasteiger partial charge in [0, 0.05) is 23.7 Å². The third-order valence-corrected chi connectivity index (χ3v) is 2.67. The molecule has 1 amide bonds. The van der Waals surface area contributed by atoms with Gasteiger partial charge in [-0.3, -0.25) is 15.4 Å². The zero-order valence-electron chi connectivity index (χ0n) is 9.52. The van der Waals surface area contributed by atoms with E-state index in [0.29, 0.717) is 17.7 Å². The number of cyclic esters (lactones) is 1. The van der Waals surface area contributed by atoms with E-state index in [2.05, 4.69) is 5.32 Å². The summed E-state index contributed by atoms with van der Waals surface area (Å²) in [6.07, 6.45) is -0.349. The number of carbonyl (C=O) groups excluding carboxylic acids is 1. The Bertz CT molecular complexity index is 498. The van der Waals surface area contributed by atoms with Crippen LogP contribution < -0.4 is 5.32 Å². The highest BCUT2D eigenvalue weighted by Crippen LogP contribution is 2.29. The summed E-state index contributed by atoms with van der Waals surface area (Å²) in [5.74, 6) is 0. The zero-order chi connectivity index (χ0) is 12.6. The number of nitro benzene ring substituents is 1. The number of nitrogens with one attached hydrogen (secondary N) is 1. The van der Waals surface area contributed by atoms with Gasteiger partial charge in [-0.05, 0) is 25.5 Å². The SMILES string of the molecule is Cc1cc2c(cc1[N+](=O)[O-])CC(C)OC(=O)N2. The summed E-state index contributed by atoms with van der Waals surface area (Å²) in [7, 11) is 0. The molecule has 1 unspecified atom stereocenters. The molecule has 6 nitrogen and oxygen atoms in total. The van der Waals surface area contributed by atoms with Crippen molar-refractivity contribution >= 4 is 17.5 Å². The molecule has 2 rings (SSSR count). The molecule has 1 aliphatic rings. The monoisotopic (exact) mass is 236 g/mol. The fraction of sp³-hybridized carbons (Fsp3) is 0.364. The Labute approximate surface area is 97.7 Å². The zero-order valence-corrected chi connectivity index (χ0v) is 9.52. The van der Waals surface area contributed by atoms with Gasteiger partial charge >= 0.3 is 6.09 Å². The van der Waals surface area contributed by atoms with E-state index in [1.165, 1.54) is 6.07 Å². The van der Waals surface area contributed by atoms with Gasteiger partial charge in [-0.25, -0.2) is 4.79 Å². The number of ether oxygens (including phenoxy) is 1. The van der Waals surface area contributed by atoms with E-state index in [0.717, 1.165) is 5.56 Å². The number of anilines is 1. The second-order valence-corrected chi connectivity index (χ2v) is 4.10. The van der Waals surface area contributed by atoms with Gasteiger partial charge < -0.3 is 4.74 Å². The van der Waals surface area contributed by atoms with Crippen molar-refractivity contribution < 1.29 is 14.5 Å². The van der Waals surface area contributed by atoms with E-state index >= 15 is 0 Å². The summed E-state index contributed by atoms with van der Waals surface area (Å²) in [6.45, 7) is 3.39. The molecule has 0 spiro atoms. The van der Waals surface area contributed by atoms with Gasteiger partial charge in [-0.2, -0.15) is 0 Å². The van der Waals surface area contributed by atoms with Crippen molar-refractivity contribution in [3.05, 3.63) is 33.4 Å². The Morgan fingerprint density at radius 1 is 1.53 bits per heavy atom. The number of rotatable bonds is 1. The molecule has 0 aliphatic carbocycles. The highest BCUT2D eigenvalue weighted by atomic mass is 16.6. The van der Waals surface area contributed by atoms with Crippen LogP contribution in [0.5, 0.6) is 0 Å². The molecular weight excluding hydrogens is 224 g/mol. The Balaban J connectivity index is 2.51. The maximum absolute atomic E-state index is 11.3. The number of aryl methyl sites for hydroxylation is 1. The Kier molecular flexibility index (Phi) is 2.71. The van der Waals surface area contributed by atoms with Crippen molar-refractivity contribution in [2.24, 2.45) is 0 Å². The summed E-state index contributed by atoms with van der Waals surface area (Å²) in [6, 6.07) is 3.10. The quantitative estimate of drug-likeness (QED) is 0.599. The molecule has 90 valence electrons. The summed E-state index contributed by atoms with van der Waals surface area (Å²) < 4.78 is 5.01. The number of nitro groups is 1. The molecular formula is C11H12N2O4. The number of hydrogen-bond acceptors (Lipinski definition) is 4. The maximum Gasteiger partial charge on any atom is 0.411 e. The number of nitrogens with zero attached hydrogens (tertiary/aromatic N) is 1. The van der Waals surface area contributed by atoms with Crippen molar-refractivity contribution in [2.45, 2.75) is 26.4 Å². The molecule has 1 heterocycles. The second-order valence-electron chi connectivity index (χ2n) is 4.10. The van der Waals surface area contributed by atoms with E-state index in [9.17, 15) is 14.9 Å². The van der Waals surface area contributed by atoms with Crippen LogP contribution in [0, 0.1) is 17.0 Å². The van der Waals surface area contributed by atoms with E-state index in [1.807, 2.05) is 0 Å². The van der Waals surface area contributed by atoms with Crippen molar-refractivity contribution in [1.82, 2.24) is 0 Å². The Hall–Kier alpha value is -2.11. The van der Waals surface area contributed by atoms with Gasteiger partial charge in [0.15, 0.2) is 0 Å². The first kappa shape index (κ1) is 11.4. The lowest BCUT2D eigenvalue weighted by Gasteiger charge is -2.07. The Morgan fingerprint density at radius 3 is 2.88 bits per heavy atom. The van der Waals surface area contributed by atoms with Crippen LogP contribution in [0.25, 0.3) is 0 Å². The highest BCUT2D eigenvalue weighted by molar-refractivity contribution is 5.87. The lowest BCUT2D eigenvalue weighted by atomic mass is 10.0. The van der Waals surface area contributed by atoms with E-state index in [-0.39, 0.29) is 11.8 Å². The Morgan fingerprint density at radius 2 is 2.24 bits per heavy atom. The third kappa shape index (κ3) is 2.20. The second kappa shape index (κ2) is 4.04. The van der Waals surface area contributed by atoms with E-state index < -0.39 is 11.0 Å². The standard InChI is InChI=1S/C11H12N2O4/c1-6-3-9-8(5-10(6)13(15)16)4-7(2)17-11(14)12-9/h3,5,7H,4H2,1-2H3,(H,12,14). The average Bonchev–Trinajstić information content (AvgIpc) is 2.33. The van der Waals surface area contributed by atoms with Crippen LogP contribution in [0.1, 0.15) is 18.1 Å². The van der Waals surface area contributed by atoms with Gasteiger partial charge in [0.2, 0.25) is 0 Å². The molecule has 1 aromatic carbocycles. The maximum atomic E-state index is 11.3. The van der Waals surface area contributed by atoms with Gasteiger partial charge in [0.05, 0.1) is 4.92 Å². The molecule has 1 aromatic rings. The third-order valence-electron chi connectivity index (χ3n) is 2.67. The fourth-order valence-corrected chi connectivity index (χ4v) is 1.90. The smallest absolute Gasteiger partial charge is 0.411 e. The van der Waals surface area contributed by atoms with Crippen LogP contribution in [0.2, 0.25) is 0 Å². The molecule has 0 saturated carbocycles. The summed E-state index contributed by atoms with van der Waals surface area (Å²) >= 11 is 0. The first-order chi connectivity index (χ1) is 7.97. The van der Waals surface area contributed by atoms with Crippen LogP contribution in [-0.4, -0.2) is 17.1 Å². The van der Waals surface area contributed by atoms with Gasteiger partial charge in [0.25, 0.3) is 5.69 Å². The molecule has 0 radical (unpaired) electrons. The van der Waals surface area contributed by atoms with E-state index in [1.54, 1.807) is 19.9 Å². The topological polar surface area (TPSA) is 81.5 Å². The normalized spacial score (nSPS) is 18.7. The van der Waals surface area contributed by atoms with Crippen molar-refractivity contribution in [1.29, 1.82) is 0 Å². The first-order valence-electron chi connectivity index (χ1n) is 5.23. The van der Waals surface area contributed by atoms with Gasteiger partial charge in [-0.15, -0.1) is 0 Å². The van der Waals surface area contributed by atoms with Crippen LogP contribution in [0.15, 0.2) is 12.1 Å². The molecule has 0 saturated heterocycles. The molecule has 17 heavy (non-hydrogen) atoms. The van der Waals surface area contributed by atoms with Crippen molar-refractivity contribution in [3.8, 4) is 0 Å². The lowest BCUT2D eigenvalue weighted by molar-refractivity contribution is -0.385. The molecule has 6 heteroatoms. The minimum absolute atomic E-state index is 0.0621. The predicted molar refractivity (Wildman–Crippen MR) is 61.1 cm³/mol. The van der Waals surface area contributed by atoms with E-state index in [4.69, 9.17) is 4.74 Å². The predicted octanol–water partition coefficient (Wildman–Crippen LogP) is 2.40. The number of benzene rings is 1. The largest absolute Gasteiger partial charge is 0.446 e.